The molecule has 0 fully saturated rings. The number of hydrogen-bond acceptors (Lipinski definition) is 5. The third-order valence-corrected chi connectivity index (χ3v) is 5.25. The zero-order chi connectivity index (χ0) is 22.1. The zero-order valence-electron chi connectivity index (χ0n) is 17.0. The molecule has 4 aromatic rings. The van der Waals surface area contributed by atoms with Gasteiger partial charge >= 0.3 is 0 Å². The second kappa shape index (κ2) is 7.97. The lowest BCUT2D eigenvalue weighted by Gasteiger charge is -2.08. The van der Waals surface area contributed by atoms with Gasteiger partial charge in [0.2, 0.25) is 0 Å². The van der Waals surface area contributed by atoms with Gasteiger partial charge in [0.05, 0.1) is 34.6 Å². The highest BCUT2D eigenvalue weighted by molar-refractivity contribution is 5.94. The maximum absolute atomic E-state index is 13.8. The quantitative estimate of drug-likeness (QED) is 0.498. The summed E-state index contributed by atoms with van der Waals surface area (Å²) in [5, 5.41) is 21.7. The number of nitrogens with zero attached hydrogens (tertiary/aromatic N) is 4. The number of nitrogens with two attached hydrogens (primary N) is 1. The Bertz CT molecular complexity index is 1440. The number of hydrogen-bond donors (Lipinski definition) is 2. The molecule has 4 rings (SSSR count). The predicted molar refractivity (Wildman–Crippen MR) is 117 cm³/mol. The molecule has 0 radical (unpaired) electrons. The van der Waals surface area contributed by atoms with E-state index in [1.165, 1.54) is 12.1 Å². The number of H-pyrrole nitrogens is 1. The topological polar surface area (TPSA) is 113 Å². The van der Waals surface area contributed by atoms with Crippen molar-refractivity contribution < 1.29 is 4.39 Å². The van der Waals surface area contributed by atoms with Gasteiger partial charge in [-0.2, -0.15) is 15.5 Å². The van der Waals surface area contributed by atoms with Crippen LogP contribution in [0.3, 0.4) is 0 Å². The van der Waals surface area contributed by atoms with Crippen molar-refractivity contribution in [2.45, 2.75) is 13.5 Å². The van der Waals surface area contributed by atoms with Gasteiger partial charge < -0.3 is 5.73 Å². The molecule has 31 heavy (non-hydrogen) atoms. The minimum Gasteiger partial charge on any atom is -0.325 e. The van der Waals surface area contributed by atoms with E-state index in [4.69, 9.17) is 5.73 Å². The molecule has 2 heterocycles. The van der Waals surface area contributed by atoms with Crippen LogP contribution in [-0.2, 0) is 13.6 Å². The van der Waals surface area contributed by atoms with Crippen LogP contribution < -0.4 is 11.3 Å². The minimum absolute atomic E-state index is 0.175. The van der Waals surface area contributed by atoms with E-state index in [0.717, 1.165) is 16.7 Å². The molecule has 0 amide bonds. The van der Waals surface area contributed by atoms with Crippen molar-refractivity contribution >= 4 is 22.4 Å². The fraction of sp³-hybridized carbons (Fsp3) is 0.130. The first-order valence-electron chi connectivity index (χ1n) is 9.55. The lowest BCUT2D eigenvalue weighted by atomic mass is 9.97. The molecule has 0 aliphatic carbocycles. The van der Waals surface area contributed by atoms with E-state index < -0.39 is 5.82 Å². The van der Waals surface area contributed by atoms with Crippen molar-refractivity contribution in [1.82, 2.24) is 20.0 Å². The fourth-order valence-corrected chi connectivity index (χ4v) is 3.57. The van der Waals surface area contributed by atoms with Gasteiger partial charge in [-0.3, -0.25) is 9.48 Å². The van der Waals surface area contributed by atoms with Crippen LogP contribution in [0.4, 0.5) is 4.39 Å². The molecule has 0 unspecified atom stereocenters. The summed E-state index contributed by atoms with van der Waals surface area (Å²) in [4.78, 5) is 12.1. The summed E-state index contributed by atoms with van der Waals surface area (Å²) in [5.74, 6) is -0.409. The number of allylic oxidation sites excluding steroid dienone is 1. The molecule has 0 atom stereocenters. The van der Waals surface area contributed by atoms with Crippen molar-refractivity contribution in [2.24, 2.45) is 12.8 Å². The van der Waals surface area contributed by atoms with E-state index >= 15 is 0 Å². The lowest BCUT2D eigenvalue weighted by Crippen LogP contribution is -2.13. The van der Waals surface area contributed by atoms with Gasteiger partial charge in [-0.25, -0.2) is 9.49 Å². The van der Waals surface area contributed by atoms with Crippen molar-refractivity contribution in [3.63, 3.8) is 0 Å². The molecule has 8 heteroatoms. The number of aromatic nitrogens is 4. The second-order valence-electron chi connectivity index (χ2n) is 7.16. The minimum atomic E-state index is -0.409. The van der Waals surface area contributed by atoms with Crippen molar-refractivity contribution in [1.29, 1.82) is 5.26 Å². The van der Waals surface area contributed by atoms with Gasteiger partial charge in [0.15, 0.2) is 0 Å². The normalized spacial score (nSPS) is 11.6. The lowest BCUT2D eigenvalue weighted by molar-refractivity contribution is 0.627. The Labute approximate surface area is 177 Å². The van der Waals surface area contributed by atoms with Crippen molar-refractivity contribution in [2.75, 3.05) is 0 Å². The van der Waals surface area contributed by atoms with Crippen LogP contribution in [0, 0.1) is 24.1 Å². The summed E-state index contributed by atoms with van der Waals surface area (Å²) in [7, 11) is 1.77. The van der Waals surface area contributed by atoms with E-state index in [-0.39, 0.29) is 12.1 Å². The molecule has 2 aromatic carbocycles. The van der Waals surface area contributed by atoms with Crippen LogP contribution in [0.25, 0.3) is 33.5 Å². The van der Waals surface area contributed by atoms with Crippen LogP contribution >= 0.6 is 0 Å². The molecule has 7 nitrogen and oxygen atoms in total. The molecule has 0 bridgehead atoms. The summed E-state index contributed by atoms with van der Waals surface area (Å²) in [5.41, 5.74) is 9.93. The van der Waals surface area contributed by atoms with E-state index in [1.807, 2.05) is 19.1 Å². The van der Waals surface area contributed by atoms with Crippen LogP contribution in [0.5, 0.6) is 0 Å². The van der Waals surface area contributed by atoms with E-state index in [2.05, 4.69) is 21.4 Å². The largest absolute Gasteiger partial charge is 0.325 e. The van der Waals surface area contributed by atoms with Crippen LogP contribution in [0.15, 0.2) is 47.4 Å². The molecule has 0 aliphatic heterocycles. The summed E-state index contributed by atoms with van der Waals surface area (Å²) in [6.07, 6.45) is 3.37. The molecule has 2 aromatic heterocycles. The number of nitriles is 1. The Hall–Kier alpha value is -4.09. The van der Waals surface area contributed by atoms with Crippen molar-refractivity contribution in [3.8, 4) is 17.2 Å². The van der Waals surface area contributed by atoms with Gasteiger partial charge in [-0.1, -0.05) is 12.1 Å². The molecular weight excluding hydrogens is 395 g/mol. The van der Waals surface area contributed by atoms with Gasteiger partial charge in [-0.05, 0) is 54.0 Å². The summed E-state index contributed by atoms with van der Waals surface area (Å²) >= 11 is 0. The number of benzene rings is 2. The Morgan fingerprint density at radius 2 is 2.10 bits per heavy atom. The maximum Gasteiger partial charge on any atom is 0.272 e. The van der Waals surface area contributed by atoms with Crippen molar-refractivity contribution in [3.05, 3.63) is 81.3 Å². The van der Waals surface area contributed by atoms with Crippen LogP contribution in [0.2, 0.25) is 0 Å². The molecule has 154 valence electrons. The molecule has 3 N–H and O–H groups in total. The highest BCUT2D eigenvalue weighted by atomic mass is 19.1. The predicted octanol–water partition coefficient (Wildman–Crippen LogP) is 3.29. The van der Waals surface area contributed by atoms with Gasteiger partial charge in [-0.15, -0.1) is 0 Å². The fourth-order valence-electron chi connectivity index (χ4n) is 3.57. The summed E-state index contributed by atoms with van der Waals surface area (Å²) < 4.78 is 15.4. The zero-order valence-corrected chi connectivity index (χ0v) is 17.0. The first-order valence-corrected chi connectivity index (χ1v) is 9.55. The van der Waals surface area contributed by atoms with Gasteiger partial charge in [0.1, 0.15) is 5.82 Å². The van der Waals surface area contributed by atoms with Gasteiger partial charge in [0.25, 0.3) is 5.56 Å². The van der Waals surface area contributed by atoms with Crippen LogP contribution in [0.1, 0.15) is 22.5 Å². The molecule has 0 saturated carbocycles. The highest BCUT2D eigenvalue weighted by Gasteiger charge is 2.14. The number of nitrogens with one attached hydrogen (secondary N) is 1. The molecular formula is C23H19FN6O. The Morgan fingerprint density at radius 1 is 1.29 bits per heavy atom. The molecule has 0 spiro atoms. The molecule has 0 saturated heterocycles. The average molecular weight is 414 g/mol. The Kier molecular flexibility index (Phi) is 5.19. The Balaban J connectivity index is 1.91. The summed E-state index contributed by atoms with van der Waals surface area (Å²) in [6, 6.07) is 11.9. The standard InChI is InChI=1S/C23H19FN6O/c1-13-3-5-16(24)9-18(13)15(10-25)8-22-20(12-27-30(22)2)14-4-6-17-19(7-14)21(11-26)28-29-23(17)31/h3-9,12H,11,26H2,1-2H3,(H,29,31)/b15-8+. The monoisotopic (exact) mass is 414 g/mol. The first-order chi connectivity index (χ1) is 14.9. The van der Waals surface area contributed by atoms with E-state index in [0.29, 0.717) is 33.3 Å². The molecule has 0 aliphatic rings. The number of halogens is 1. The third kappa shape index (κ3) is 3.63. The number of aromatic amines is 1. The smallest absolute Gasteiger partial charge is 0.272 e. The van der Waals surface area contributed by atoms with Gasteiger partial charge in [0, 0.05) is 24.5 Å². The summed E-state index contributed by atoms with van der Waals surface area (Å²) in [6.45, 7) is 2.00. The third-order valence-electron chi connectivity index (χ3n) is 5.25. The number of rotatable bonds is 4. The maximum atomic E-state index is 13.8. The van der Waals surface area contributed by atoms with E-state index in [1.54, 1.807) is 36.1 Å². The number of fused-ring (bicyclic) bond motifs is 1. The highest BCUT2D eigenvalue weighted by Crippen LogP contribution is 2.30. The average Bonchev–Trinajstić information content (AvgIpc) is 3.14. The second-order valence-corrected chi connectivity index (χ2v) is 7.16. The van der Waals surface area contributed by atoms with E-state index in [9.17, 15) is 14.4 Å². The Morgan fingerprint density at radius 3 is 2.84 bits per heavy atom. The number of aryl methyl sites for hydroxylation is 2. The van der Waals surface area contributed by atoms with Crippen LogP contribution in [-0.4, -0.2) is 20.0 Å². The first kappa shape index (κ1) is 20.2. The SMILES string of the molecule is Cc1ccc(F)cc1/C(C#N)=C/c1c(-c2ccc3c(=O)[nH]nc(CN)c3c2)cnn1C.